The van der Waals surface area contributed by atoms with Gasteiger partial charge in [0, 0.05) is 22.3 Å². The number of fused-ring (bicyclic) bond motifs is 1. The molecule has 0 aromatic heterocycles. The summed E-state index contributed by atoms with van der Waals surface area (Å²) in [6.07, 6.45) is 9.06. The first kappa shape index (κ1) is 24.2. The minimum Gasteiger partial charge on any atom is -1.00 e. The minimum atomic E-state index is -3.53. The molecule has 27 heavy (non-hydrogen) atoms. The lowest BCUT2D eigenvalue weighted by Crippen LogP contribution is -3.00. The Morgan fingerprint density at radius 2 is 1.37 bits per heavy atom. The fourth-order valence-electron chi connectivity index (χ4n) is 3.09. The van der Waals surface area contributed by atoms with Gasteiger partial charge in [-0.05, 0) is 31.5 Å². The van der Waals surface area contributed by atoms with Crippen LogP contribution in [0.25, 0.3) is 10.8 Å². The Hall–Kier alpha value is -0.850. The average molecular weight is 432 g/mol. The summed E-state index contributed by atoms with van der Waals surface area (Å²) in [6.45, 7) is 1.25. The zero-order chi connectivity index (χ0) is 18.8. The van der Waals surface area contributed by atoms with Gasteiger partial charge in [-0.2, -0.15) is 0 Å². The Morgan fingerprint density at radius 1 is 0.815 bits per heavy atom. The zero-order valence-electron chi connectivity index (χ0n) is 15.6. The molecule has 0 aliphatic heterocycles. The molecule has 0 fully saturated rings. The summed E-state index contributed by atoms with van der Waals surface area (Å²) < 4.78 is 28.0. The second kappa shape index (κ2) is 12.6. The number of sulfonamides is 1. The van der Waals surface area contributed by atoms with E-state index in [1.54, 1.807) is 30.3 Å². The Kier molecular flexibility index (Phi) is 11.3. The molecule has 0 saturated carbocycles. The van der Waals surface area contributed by atoms with E-state index in [-0.39, 0.29) is 17.3 Å². The van der Waals surface area contributed by atoms with E-state index in [0.29, 0.717) is 17.0 Å². The number of hydrogen-bond acceptors (Lipinski definition) is 3. The third-order valence-corrected chi connectivity index (χ3v) is 6.39. The fraction of sp³-hybridized carbons (Fsp3) is 0.500. The second-order valence-corrected chi connectivity index (χ2v) is 8.75. The van der Waals surface area contributed by atoms with Crippen molar-refractivity contribution >= 4 is 32.4 Å². The highest BCUT2D eigenvalue weighted by Gasteiger charge is 2.17. The standard InChI is InChI=1S/C20H29ClN2O2S.ClH/c21-19-13-9-12-18-17(19)11-10-14-20(18)26(24,25)23-16-8-6-4-2-1-3-5-7-15-22;/h9-14,23H,1-8,15-16,22H2;1H/p-1. The molecule has 3 N–H and O–H groups in total. The van der Waals surface area contributed by atoms with Crippen molar-refractivity contribution in [3.05, 3.63) is 41.4 Å². The Bertz CT molecular complexity index is 798. The van der Waals surface area contributed by atoms with E-state index in [1.165, 1.54) is 25.7 Å². The molecule has 2 aromatic rings. The van der Waals surface area contributed by atoms with Crippen molar-refractivity contribution in [2.75, 3.05) is 13.1 Å². The Morgan fingerprint density at radius 3 is 2.04 bits per heavy atom. The average Bonchev–Trinajstić information content (AvgIpc) is 2.63. The molecule has 0 radical (unpaired) electrons. The molecule has 0 bridgehead atoms. The smallest absolute Gasteiger partial charge is 0.241 e. The lowest BCUT2D eigenvalue weighted by Gasteiger charge is -2.10. The van der Waals surface area contributed by atoms with Gasteiger partial charge in [-0.1, -0.05) is 74.4 Å². The van der Waals surface area contributed by atoms with Gasteiger partial charge in [-0.3, -0.25) is 0 Å². The summed E-state index contributed by atoms with van der Waals surface area (Å²) >= 11 is 6.17. The third kappa shape index (κ3) is 7.59. The lowest BCUT2D eigenvalue weighted by atomic mass is 10.1. The van der Waals surface area contributed by atoms with Crippen LogP contribution in [0.2, 0.25) is 5.02 Å². The van der Waals surface area contributed by atoms with Gasteiger partial charge in [0.15, 0.2) is 0 Å². The van der Waals surface area contributed by atoms with Crippen molar-refractivity contribution in [2.24, 2.45) is 5.73 Å². The highest BCUT2D eigenvalue weighted by atomic mass is 35.5. The van der Waals surface area contributed by atoms with Crippen molar-refractivity contribution in [2.45, 2.75) is 56.3 Å². The zero-order valence-corrected chi connectivity index (χ0v) is 17.9. The van der Waals surface area contributed by atoms with Crippen LogP contribution >= 0.6 is 11.6 Å². The summed E-state index contributed by atoms with van der Waals surface area (Å²) in [5.74, 6) is 0. The summed E-state index contributed by atoms with van der Waals surface area (Å²) in [6, 6.07) is 10.5. The number of nitrogens with two attached hydrogens (primary N) is 1. The van der Waals surface area contributed by atoms with Gasteiger partial charge >= 0.3 is 0 Å². The topological polar surface area (TPSA) is 72.2 Å². The van der Waals surface area contributed by atoms with Gasteiger partial charge in [-0.25, -0.2) is 13.1 Å². The molecule has 0 spiro atoms. The quantitative estimate of drug-likeness (QED) is 0.503. The number of rotatable bonds is 12. The molecule has 0 aliphatic rings. The molecule has 0 heterocycles. The summed E-state index contributed by atoms with van der Waals surface area (Å²) in [5.41, 5.74) is 5.48. The van der Waals surface area contributed by atoms with Crippen LogP contribution in [0.5, 0.6) is 0 Å². The molecular formula is C20H29Cl2N2O2S-. The number of benzene rings is 2. The minimum absolute atomic E-state index is 0. The predicted molar refractivity (Wildman–Crippen MR) is 110 cm³/mol. The summed E-state index contributed by atoms with van der Waals surface area (Å²) in [5, 5.41) is 1.97. The van der Waals surface area contributed by atoms with E-state index in [2.05, 4.69) is 4.72 Å². The van der Waals surface area contributed by atoms with Crippen LogP contribution in [-0.4, -0.2) is 21.5 Å². The van der Waals surface area contributed by atoms with E-state index in [0.717, 1.165) is 37.6 Å². The summed E-state index contributed by atoms with van der Waals surface area (Å²) in [7, 11) is -3.53. The first-order valence-corrected chi connectivity index (χ1v) is 11.3. The van der Waals surface area contributed by atoms with Gasteiger partial charge in [0.25, 0.3) is 0 Å². The van der Waals surface area contributed by atoms with Crippen LogP contribution in [0.15, 0.2) is 41.3 Å². The Balaban J connectivity index is 0.00000364. The van der Waals surface area contributed by atoms with Gasteiger partial charge in [0.05, 0.1) is 4.90 Å². The molecule has 2 aromatic carbocycles. The Labute approximate surface area is 174 Å². The maximum atomic E-state index is 12.6. The van der Waals surface area contributed by atoms with Crippen LogP contribution in [0.1, 0.15) is 51.4 Å². The van der Waals surface area contributed by atoms with Gasteiger partial charge in [0.2, 0.25) is 10.0 Å². The second-order valence-electron chi connectivity index (χ2n) is 6.61. The molecule has 4 nitrogen and oxygen atoms in total. The third-order valence-electron chi connectivity index (χ3n) is 4.54. The van der Waals surface area contributed by atoms with Gasteiger partial charge in [0.1, 0.15) is 0 Å². The van der Waals surface area contributed by atoms with Crippen molar-refractivity contribution in [1.29, 1.82) is 0 Å². The molecular weight excluding hydrogens is 403 g/mol. The van der Waals surface area contributed by atoms with E-state index < -0.39 is 10.0 Å². The van der Waals surface area contributed by atoms with Crippen LogP contribution in [0.4, 0.5) is 0 Å². The molecule has 0 atom stereocenters. The maximum Gasteiger partial charge on any atom is 0.241 e. The molecule has 2 rings (SSSR count). The van der Waals surface area contributed by atoms with E-state index >= 15 is 0 Å². The number of hydrogen-bond donors (Lipinski definition) is 2. The van der Waals surface area contributed by atoms with Crippen LogP contribution < -0.4 is 22.9 Å². The fourth-order valence-corrected chi connectivity index (χ4v) is 4.62. The van der Waals surface area contributed by atoms with E-state index in [4.69, 9.17) is 17.3 Å². The SMILES string of the molecule is NCCCCCCCCCCNS(=O)(=O)c1cccc2c(Cl)cccc12.[Cl-]. The van der Waals surface area contributed by atoms with E-state index in [1.807, 2.05) is 6.07 Å². The monoisotopic (exact) mass is 431 g/mol. The van der Waals surface area contributed by atoms with Gasteiger partial charge < -0.3 is 18.1 Å². The van der Waals surface area contributed by atoms with Crippen LogP contribution in [0, 0.1) is 0 Å². The van der Waals surface area contributed by atoms with Crippen molar-refractivity contribution in [3.63, 3.8) is 0 Å². The highest BCUT2D eigenvalue weighted by molar-refractivity contribution is 7.89. The normalized spacial score (nSPS) is 11.5. The first-order chi connectivity index (χ1) is 12.6. The molecule has 0 unspecified atom stereocenters. The maximum absolute atomic E-state index is 12.6. The summed E-state index contributed by atoms with van der Waals surface area (Å²) in [4.78, 5) is 0.289. The molecule has 0 saturated heterocycles. The molecule has 152 valence electrons. The molecule has 0 aliphatic carbocycles. The van der Waals surface area contributed by atoms with Gasteiger partial charge in [-0.15, -0.1) is 0 Å². The number of unbranched alkanes of at least 4 members (excludes halogenated alkanes) is 7. The predicted octanol–water partition coefficient (Wildman–Crippen LogP) is 1.85. The van der Waals surface area contributed by atoms with Crippen molar-refractivity contribution in [1.82, 2.24) is 4.72 Å². The number of halogens is 2. The molecule has 7 heteroatoms. The first-order valence-electron chi connectivity index (χ1n) is 9.43. The lowest BCUT2D eigenvalue weighted by molar-refractivity contribution is -0.00000791. The van der Waals surface area contributed by atoms with E-state index in [9.17, 15) is 8.42 Å². The van der Waals surface area contributed by atoms with Crippen LogP contribution in [-0.2, 0) is 10.0 Å². The molecule has 0 amide bonds. The number of nitrogens with one attached hydrogen (secondary N) is 1. The van der Waals surface area contributed by atoms with Crippen LogP contribution in [0.3, 0.4) is 0 Å². The van der Waals surface area contributed by atoms with Crippen molar-refractivity contribution in [3.8, 4) is 0 Å². The highest BCUT2D eigenvalue weighted by Crippen LogP contribution is 2.28. The van der Waals surface area contributed by atoms with Crippen molar-refractivity contribution < 1.29 is 20.8 Å². The largest absolute Gasteiger partial charge is 1.00 e.